The quantitative estimate of drug-likeness (QED) is 0.446. The van der Waals surface area contributed by atoms with Crippen LogP contribution in [0.3, 0.4) is 0 Å². The number of aromatic nitrogens is 2. The van der Waals surface area contributed by atoms with Crippen molar-refractivity contribution >= 4 is 38.5 Å². The zero-order valence-corrected chi connectivity index (χ0v) is 21.4. The van der Waals surface area contributed by atoms with Crippen LogP contribution in [0.15, 0.2) is 36.5 Å². The number of amides is 2. The lowest BCUT2D eigenvalue weighted by molar-refractivity contribution is -0.126. The number of likely N-dealkylation sites (N-methyl/N-ethyl adjacent to an activating group) is 1. The lowest BCUT2D eigenvalue weighted by atomic mass is 9.90. The monoisotopic (exact) mass is 508 g/mol. The summed E-state index contributed by atoms with van der Waals surface area (Å²) in [5.41, 5.74) is 1.19. The van der Waals surface area contributed by atoms with Crippen LogP contribution in [0.4, 0.5) is 5.13 Å². The van der Waals surface area contributed by atoms with Crippen molar-refractivity contribution in [2.45, 2.75) is 56.7 Å². The highest BCUT2D eigenvalue weighted by Gasteiger charge is 2.32. The number of nitrogens with zero attached hydrogens (tertiary/aromatic N) is 3. The molecule has 3 N–H and O–H groups in total. The van der Waals surface area contributed by atoms with Crippen LogP contribution in [0.2, 0.25) is 0 Å². The molecule has 1 unspecified atom stereocenters. The number of likely N-dealkylation sites (tertiary alicyclic amines) is 1. The average Bonchev–Trinajstić information content (AvgIpc) is 3.50. The Bertz CT molecular complexity index is 1250. The summed E-state index contributed by atoms with van der Waals surface area (Å²) in [4.78, 5) is 35.7. The van der Waals surface area contributed by atoms with Crippen molar-refractivity contribution in [3.05, 3.63) is 42.2 Å². The molecule has 1 aliphatic carbocycles. The summed E-state index contributed by atoms with van der Waals surface area (Å²) in [5.74, 6) is 1.09. The van der Waals surface area contributed by atoms with E-state index in [-0.39, 0.29) is 29.9 Å². The second-order valence-corrected chi connectivity index (χ2v) is 10.5. The van der Waals surface area contributed by atoms with Crippen molar-refractivity contribution in [1.29, 1.82) is 0 Å². The van der Waals surface area contributed by atoms with E-state index >= 15 is 0 Å². The van der Waals surface area contributed by atoms with E-state index < -0.39 is 0 Å². The predicted octanol–water partition coefficient (Wildman–Crippen LogP) is 3.78. The highest BCUT2D eigenvalue weighted by atomic mass is 32.1. The number of hydrogen-bond donors (Lipinski definition) is 3. The fourth-order valence-corrected chi connectivity index (χ4v) is 6.00. The van der Waals surface area contributed by atoms with E-state index in [0.29, 0.717) is 17.2 Å². The Labute approximate surface area is 214 Å². The third kappa shape index (κ3) is 5.44. The van der Waals surface area contributed by atoms with Crippen molar-refractivity contribution in [2.75, 3.05) is 26.0 Å². The molecule has 190 valence electrons. The van der Waals surface area contributed by atoms with Crippen LogP contribution in [0.1, 0.15) is 49.0 Å². The number of benzene rings is 1. The van der Waals surface area contributed by atoms with Crippen LogP contribution < -0.4 is 20.7 Å². The molecule has 36 heavy (non-hydrogen) atoms. The second-order valence-electron chi connectivity index (χ2n) is 9.50. The molecular formula is C26H32N6O3S. The van der Waals surface area contributed by atoms with Gasteiger partial charge in [0, 0.05) is 37.5 Å². The van der Waals surface area contributed by atoms with Crippen LogP contribution in [-0.2, 0) is 4.79 Å². The van der Waals surface area contributed by atoms with Gasteiger partial charge >= 0.3 is 0 Å². The second kappa shape index (κ2) is 10.8. The van der Waals surface area contributed by atoms with E-state index in [2.05, 4.69) is 25.8 Å². The number of rotatable bonds is 7. The summed E-state index contributed by atoms with van der Waals surface area (Å²) >= 11 is 1.57. The molecule has 3 heterocycles. The first-order chi connectivity index (χ1) is 17.5. The Balaban J connectivity index is 1.27. The maximum absolute atomic E-state index is 12.9. The minimum atomic E-state index is -0.262. The highest BCUT2D eigenvalue weighted by molar-refractivity contribution is 7.22. The zero-order chi connectivity index (χ0) is 25.1. The van der Waals surface area contributed by atoms with E-state index in [4.69, 9.17) is 9.72 Å². The summed E-state index contributed by atoms with van der Waals surface area (Å²) in [6.07, 6.45) is 7.81. The Morgan fingerprint density at radius 1 is 1.06 bits per heavy atom. The number of fused-ring (bicyclic) bond motifs is 1. The molecule has 1 aromatic carbocycles. The molecule has 2 aliphatic rings. The molecule has 5 rings (SSSR count). The van der Waals surface area contributed by atoms with Crippen molar-refractivity contribution in [3.63, 3.8) is 0 Å². The zero-order valence-electron chi connectivity index (χ0n) is 20.6. The van der Waals surface area contributed by atoms with Crippen molar-refractivity contribution < 1.29 is 14.3 Å². The van der Waals surface area contributed by atoms with Gasteiger partial charge < -0.3 is 20.7 Å². The largest absolute Gasteiger partial charge is 0.457 e. The molecule has 2 aromatic heterocycles. The minimum Gasteiger partial charge on any atom is -0.457 e. The molecule has 3 aromatic rings. The van der Waals surface area contributed by atoms with Gasteiger partial charge in [-0.3, -0.25) is 19.5 Å². The van der Waals surface area contributed by atoms with Gasteiger partial charge in [0.25, 0.3) is 5.91 Å². The van der Waals surface area contributed by atoms with E-state index in [1.807, 2.05) is 25.2 Å². The summed E-state index contributed by atoms with van der Waals surface area (Å²) in [6, 6.07) is 9.34. The van der Waals surface area contributed by atoms with Gasteiger partial charge in [0.05, 0.1) is 16.3 Å². The first-order valence-corrected chi connectivity index (χ1v) is 13.4. The van der Waals surface area contributed by atoms with Gasteiger partial charge in [-0.15, -0.1) is 0 Å². The van der Waals surface area contributed by atoms with Crippen LogP contribution in [0.5, 0.6) is 11.5 Å². The Morgan fingerprint density at radius 2 is 1.86 bits per heavy atom. The van der Waals surface area contributed by atoms with E-state index in [1.165, 1.54) is 0 Å². The minimum absolute atomic E-state index is 0.0127. The number of carbonyl (C=O) groups excluding carboxylic acids is 2. The van der Waals surface area contributed by atoms with Gasteiger partial charge in [-0.1, -0.05) is 24.2 Å². The van der Waals surface area contributed by atoms with Gasteiger partial charge in [-0.05, 0) is 57.5 Å². The standard InChI is InChI=1S/C26H32N6O3S/c1-27-24(33)21-14-17(11-12-28-21)35-16-9-10-20-23(15-16)36-26(31-20)30-19-7-4-3-6-18(19)29-25(34)22-8-5-13-32(22)2/h9-12,14-15,18-19,22H,3-8,13H2,1-2H3,(H,27,33)(H,29,34)(H,30,31)/t18-,19+,22?/m1/s1. The topological polar surface area (TPSA) is 108 Å². The van der Waals surface area contributed by atoms with Crippen LogP contribution in [-0.4, -0.2) is 65.4 Å². The average molecular weight is 509 g/mol. The molecule has 0 bridgehead atoms. The first kappa shape index (κ1) is 24.5. The fourth-order valence-electron chi connectivity index (χ4n) is 5.05. The summed E-state index contributed by atoms with van der Waals surface area (Å²) in [5, 5.41) is 10.3. The fraction of sp³-hybridized carbons (Fsp3) is 0.462. The Hall–Kier alpha value is -3.24. The van der Waals surface area contributed by atoms with Crippen LogP contribution >= 0.6 is 11.3 Å². The highest BCUT2D eigenvalue weighted by Crippen LogP contribution is 2.33. The predicted molar refractivity (Wildman–Crippen MR) is 141 cm³/mol. The number of thiazole rings is 1. The maximum Gasteiger partial charge on any atom is 0.269 e. The smallest absolute Gasteiger partial charge is 0.269 e. The van der Waals surface area contributed by atoms with E-state index in [0.717, 1.165) is 60.4 Å². The normalized spacial score (nSPS) is 22.3. The SMILES string of the molecule is CNC(=O)c1cc(Oc2ccc3nc(N[C@H]4CCCC[C@H]4NC(=O)C4CCCN4C)sc3c2)ccn1. The Morgan fingerprint density at radius 3 is 2.64 bits per heavy atom. The number of anilines is 1. The molecule has 1 saturated heterocycles. The van der Waals surface area contributed by atoms with Crippen LogP contribution in [0, 0.1) is 0 Å². The number of hydrogen-bond acceptors (Lipinski definition) is 8. The lowest BCUT2D eigenvalue weighted by Crippen LogP contribution is -2.52. The van der Waals surface area contributed by atoms with Crippen LogP contribution in [0.25, 0.3) is 10.2 Å². The number of pyridine rings is 1. The molecule has 1 saturated carbocycles. The van der Waals surface area contributed by atoms with Crippen molar-refractivity contribution in [3.8, 4) is 11.5 Å². The van der Waals surface area contributed by atoms with Gasteiger partial charge in [0.2, 0.25) is 5.91 Å². The van der Waals surface area contributed by atoms with Gasteiger partial charge in [0.1, 0.15) is 17.2 Å². The molecule has 0 spiro atoms. The molecule has 3 atom stereocenters. The molecule has 0 radical (unpaired) electrons. The summed E-state index contributed by atoms with van der Waals surface area (Å²) in [6.45, 7) is 0.984. The molecular weight excluding hydrogens is 476 g/mol. The molecule has 9 nitrogen and oxygen atoms in total. The molecule has 1 aliphatic heterocycles. The Kier molecular flexibility index (Phi) is 7.33. The van der Waals surface area contributed by atoms with Gasteiger partial charge in [-0.25, -0.2) is 4.98 Å². The van der Waals surface area contributed by atoms with E-state index in [9.17, 15) is 9.59 Å². The van der Waals surface area contributed by atoms with E-state index in [1.54, 1.807) is 36.7 Å². The summed E-state index contributed by atoms with van der Waals surface area (Å²) < 4.78 is 6.99. The first-order valence-electron chi connectivity index (χ1n) is 12.5. The third-order valence-electron chi connectivity index (χ3n) is 7.01. The van der Waals surface area contributed by atoms with Gasteiger partial charge in [0.15, 0.2) is 5.13 Å². The lowest BCUT2D eigenvalue weighted by Gasteiger charge is -2.34. The number of carbonyl (C=O) groups is 2. The maximum atomic E-state index is 12.9. The molecule has 10 heteroatoms. The number of nitrogens with one attached hydrogen (secondary N) is 3. The van der Waals surface area contributed by atoms with Crippen molar-refractivity contribution in [1.82, 2.24) is 25.5 Å². The third-order valence-corrected chi connectivity index (χ3v) is 7.96. The summed E-state index contributed by atoms with van der Waals surface area (Å²) in [7, 11) is 3.60. The molecule has 2 fully saturated rings. The number of ether oxygens (including phenoxy) is 1. The molecule has 2 amide bonds. The van der Waals surface area contributed by atoms with Gasteiger partial charge in [-0.2, -0.15) is 0 Å². The van der Waals surface area contributed by atoms with Crippen molar-refractivity contribution in [2.24, 2.45) is 0 Å².